The van der Waals surface area contributed by atoms with E-state index in [1.165, 1.54) is 48.5 Å². The first-order chi connectivity index (χ1) is 22.1. The quantitative estimate of drug-likeness (QED) is 0.137. The fourth-order valence-corrected chi connectivity index (χ4v) is 6.18. The molecule has 0 bridgehead atoms. The van der Waals surface area contributed by atoms with Crippen molar-refractivity contribution in [1.82, 2.24) is 0 Å². The van der Waals surface area contributed by atoms with Gasteiger partial charge in [-0.15, -0.1) is 0 Å². The highest BCUT2D eigenvalue weighted by molar-refractivity contribution is 6.39. The van der Waals surface area contributed by atoms with Crippen LogP contribution in [0.15, 0.2) is 66.7 Å². The summed E-state index contributed by atoms with van der Waals surface area (Å²) in [7, 11) is 0. The molecule has 0 unspecified atom stereocenters. The third-order valence-electron chi connectivity index (χ3n) is 7.53. The second-order valence-corrected chi connectivity index (χ2v) is 12.2. The summed E-state index contributed by atoms with van der Waals surface area (Å²) in [6.07, 6.45) is -1.19. The van der Waals surface area contributed by atoms with Crippen LogP contribution in [0.5, 0.6) is 5.75 Å². The number of aliphatic hydroxyl groups is 2. The number of benzene rings is 4. The number of carbonyl (C=O) groups excluding carboxylic acids is 4. The second-order valence-electron chi connectivity index (χ2n) is 10.6. The zero-order valence-electron chi connectivity index (χ0n) is 23.5. The lowest BCUT2D eigenvalue weighted by Crippen LogP contribution is -2.36. The Kier molecular flexibility index (Phi) is 9.35. The monoisotopic (exact) mass is 722 g/mol. The van der Waals surface area contributed by atoms with Crippen LogP contribution >= 0.6 is 46.4 Å². The molecule has 47 heavy (non-hydrogen) atoms. The van der Waals surface area contributed by atoms with E-state index in [0.29, 0.717) is 6.07 Å². The minimum Gasteiger partial charge on any atom is -0.508 e. The van der Waals surface area contributed by atoms with Crippen LogP contribution in [0.25, 0.3) is 0 Å². The number of phenolic OH excluding ortho intramolecular Hbond substituents is 1. The van der Waals surface area contributed by atoms with E-state index in [0.717, 1.165) is 12.1 Å². The van der Waals surface area contributed by atoms with E-state index in [2.05, 4.69) is 10.6 Å². The van der Waals surface area contributed by atoms with Gasteiger partial charge in [-0.3, -0.25) is 19.2 Å². The Labute approximate surface area is 284 Å². The third kappa shape index (κ3) is 6.30. The fraction of sp³-hybridized carbons (Fsp3) is 0.125. The number of anilines is 2. The summed E-state index contributed by atoms with van der Waals surface area (Å²) < 4.78 is 26.2. The van der Waals surface area contributed by atoms with Crippen LogP contribution < -0.4 is 10.6 Å². The third-order valence-corrected chi connectivity index (χ3v) is 8.79. The number of rotatable bonds is 6. The number of fused-ring (bicyclic) bond motifs is 2. The molecule has 0 aliphatic carbocycles. The number of amides is 2. The first-order valence-electron chi connectivity index (χ1n) is 13.4. The molecule has 5 N–H and O–H groups in total. The van der Waals surface area contributed by atoms with Gasteiger partial charge >= 0.3 is 0 Å². The molecule has 2 heterocycles. The molecule has 0 radical (unpaired) electrons. The Morgan fingerprint density at radius 1 is 0.617 bits per heavy atom. The molecule has 2 amide bonds. The van der Waals surface area contributed by atoms with Gasteiger partial charge in [-0.2, -0.15) is 0 Å². The predicted molar refractivity (Wildman–Crippen MR) is 170 cm³/mol. The molecule has 0 saturated heterocycles. The molecule has 0 fully saturated rings. The van der Waals surface area contributed by atoms with Crippen molar-refractivity contribution in [1.29, 1.82) is 0 Å². The van der Waals surface area contributed by atoms with Crippen molar-refractivity contribution in [2.24, 2.45) is 0 Å². The maximum atomic E-state index is 13.3. The number of hydrogen-bond acceptors (Lipinski definition) is 7. The Bertz CT molecular complexity index is 1990. The van der Waals surface area contributed by atoms with Gasteiger partial charge in [-0.05, 0) is 66.7 Å². The summed E-state index contributed by atoms with van der Waals surface area (Å²) in [5.74, 6) is -5.15. The number of aromatic hydroxyl groups is 1. The van der Waals surface area contributed by atoms with Gasteiger partial charge in [0.1, 0.15) is 5.75 Å². The predicted octanol–water partition coefficient (Wildman–Crippen LogP) is 6.80. The highest BCUT2D eigenvalue weighted by Crippen LogP contribution is 2.47. The highest BCUT2D eigenvalue weighted by atomic mass is 35.5. The van der Waals surface area contributed by atoms with Crippen LogP contribution in [0, 0.1) is 11.6 Å². The molecule has 9 nitrogen and oxygen atoms in total. The van der Waals surface area contributed by atoms with Crippen molar-refractivity contribution < 1.29 is 43.3 Å². The van der Waals surface area contributed by atoms with Gasteiger partial charge in [0.15, 0.2) is 34.4 Å². The van der Waals surface area contributed by atoms with Crippen LogP contribution in [0.4, 0.5) is 20.2 Å². The minimum absolute atomic E-state index is 0.0130. The molecule has 2 atom stereocenters. The van der Waals surface area contributed by atoms with Crippen LogP contribution in [0.2, 0.25) is 20.1 Å². The number of nitrogens with one attached hydrogen (secondary N) is 2. The number of Topliss-reactive ketones (excluding diaryl/α,β-unsaturated/α-hetero) is 2. The Morgan fingerprint density at radius 3 is 1.47 bits per heavy atom. The van der Waals surface area contributed by atoms with Crippen LogP contribution in [-0.4, -0.2) is 38.7 Å². The summed E-state index contributed by atoms with van der Waals surface area (Å²) in [5, 5.41) is 36.2. The van der Waals surface area contributed by atoms with Gasteiger partial charge in [0.25, 0.3) is 11.8 Å². The highest BCUT2D eigenvalue weighted by Gasteiger charge is 2.50. The number of phenols is 1. The topological polar surface area (TPSA) is 153 Å². The van der Waals surface area contributed by atoms with Gasteiger partial charge in [0.05, 0.1) is 34.3 Å². The molecule has 15 heteroatoms. The molecule has 0 aromatic heterocycles. The summed E-state index contributed by atoms with van der Waals surface area (Å²) in [5.41, 5.74) is -3.84. The minimum atomic E-state index is -2.25. The van der Waals surface area contributed by atoms with Crippen LogP contribution in [0.1, 0.15) is 44.7 Å². The van der Waals surface area contributed by atoms with E-state index >= 15 is 0 Å². The van der Waals surface area contributed by atoms with Crippen molar-refractivity contribution in [2.45, 2.75) is 24.0 Å². The average Bonchev–Trinajstić information content (AvgIpc) is 3.44. The normalized spacial score (nSPS) is 19.2. The van der Waals surface area contributed by atoms with Crippen LogP contribution in [-0.2, 0) is 20.8 Å². The van der Waals surface area contributed by atoms with Crippen molar-refractivity contribution in [2.75, 3.05) is 10.6 Å². The molecular formula is C32H20Cl4F2N2O7. The zero-order valence-corrected chi connectivity index (χ0v) is 26.5. The summed E-state index contributed by atoms with van der Waals surface area (Å²) in [6.45, 7) is 0. The number of halogens is 6. The van der Waals surface area contributed by atoms with Crippen molar-refractivity contribution in [3.63, 3.8) is 0 Å². The number of carbonyl (C=O) groups is 4. The van der Waals surface area contributed by atoms with E-state index < -0.39 is 59.1 Å². The Hall–Kier alpha value is -4.10. The maximum Gasteiger partial charge on any atom is 0.261 e. The molecule has 4 aromatic rings. The van der Waals surface area contributed by atoms with Gasteiger partial charge < -0.3 is 26.0 Å². The van der Waals surface area contributed by atoms with Gasteiger partial charge in [-0.25, -0.2) is 8.78 Å². The van der Waals surface area contributed by atoms with E-state index in [1.807, 2.05) is 0 Å². The van der Waals surface area contributed by atoms with Crippen LogP contribution in [0.3, 0.4) is 0 Å². The van der Waals surface area contributed by atoms with Crippen molar-refractivity contribution in [3.05, 3.63) is 121 Å². The Balaban J connectivity index is 0.000000185. The zero-order chi connectivity index (χ0) is 34.4. The molecule has 0 saturated carbocycles. The van der Waals surface area contributed by atoms with E-state index in [1.54, 1.807) is 0 Å². The number of hydrogen-bond donors (Lipinski definition) is 5. The average molecular weight is 724 g/mol. The lowest BCUT2D eigenvalue weighted by molar-refractivity contribution is -0.133. The van der Waals surface area contributed by atoms with Crippen molar-refractivity contribution in [3.8, 4) is 5.75 Å². The standard InChI is InChI=1S/C16H9Cl2F2NO3.C16H11Cl2NO4/c17-8-2-3-9(18)14-13(8)16(24,15(23)21-14)6-12(22)7-1-4-10(19)11(20)5-7;17-10-5-6-11(18)14-13(10)16(23,15(22)19-14)7-12(21)8-1-3-9(20)4-2-8/h1-5,24H,6H2,(H,21,23);1-6,20,23H,7H2,(H,19,22)/t2*16-/m00/s1. The van der Waals surface area contributed by atoms with Gasteiger partial charge in [0, 0.05) is 32.3 Å². The molecule has 2 aliphatic rings. The van der Waals surface area contributed by atoms with Crippen molar-refractivity contribution >= 4 is 81.2 Å². The SMILES string of the molecule is O=C(C[C@@]1(O)C(=O)Nc2c(Cl)ccc(Cl)c21)c1ccc(F)c(F)c1.O=C(C[C@@]1(O)C(=O)Nc2c(Cl)ccc(Cl)c21)c1ccc(O)cc1. The van der Waals surface area contributed by atoms with E-state index in [-0.39, 0.29) is 59.5 Å². The molecule has 6 rings (SSSR count). The smallest absolute Gasteiger partial charge is 0.261 e. The summed E-state index contributed by atoms with van der Waals surface area (Å²) in [6, 6.07) is 13.9. The summed E-state index contributed by atoms with van der Waals surface area (Å²) >= 11 is 24.1. The molecule has 2 aliphatic heterocycles. The number of ketones is 2. The maximum absolute atomic E-state index is 13.3. The Morgan fingerprint density at radius 2 is 1.02 bits per heavy atom. The van der Waals surface area contributed by atoms with E-state index in [4.69, 9.17) is 46.4 Å². The van der Waals surface area contributed by atoms with E-state index in [9.17, 15) is 43.3 Å². The lowest BCUT2D eigenvalue weighted by Gasteiger charge is -2.21. The first kappa shape index (κ1) is 34.2. The largest absolute Gasteiger partial charge is 0.508 e. The molecule has 242 valence electrons. The first-order valence-corrected chi connectivity index (χ1v) is 14.9. The van der Waals surface area contributed by atoms with Gasteiger partial charge in [-0.1, -0.05) is 46.4 Å². The summed E-state index contributed by atoms with van der Waals surface area (Å²) in [4.78, 5) is 49.1. The fourth-order valence-electron chi connectivity index (χ4n) is 5.14. The van der Waals surface area contributed by atoms with Gasteiger partial charge in [0.2, 0.25) is 0 Å². The molecule has 4 aromatic carbocycles. The molecular weight excluding hydrogens is 704 g/mol. The second kappa shape index (κ2) is 12.8. The molecule has 0 spiro atoms. The lowest BCUT2D eigenvalue weighted by atomic mass is 9.88.